The van der Waals surface area contributed by atoms with E-state index in [4.69, 9.17) is 5.11 Å². The molecule has 0 aliphatic carbocycles. The van der Waals surface area contributed by atoms with Gasteiger partial charge in [0.15, 0.2) is 0 Å². The number of nitrogens with zero attached hydrogens (tertiary/aromatic N) is 6. The average molecular weight is 430 g/mol. The summed E-state index contributed by atoms with van der Waals surface area (Å²) < 4.78 is 3.37. The summed E-state index contributed by atoms with van der Waals surface area (Å²) in [6.07, 6.45) is 6.56. The molecule has 4 aromatic rings. The van der Waals surface area contributed by atoms with Gasteiger partial charge in [0, 0.05) is 39.9 Å². The predicted molar refractivity (Wildman–Crippen MR) is 114 cm³/mol. The first-order chi connectivity index (χ1) is 15.1. The van der Waals surface area contributed by atoms with Crippen LogP contribution in [0.15, 0.2) is 64.9 Å². The normalized spacial score (nSPS) is 11.9. The molecular formula is C22H18N6O2S. The second-order valence-electron chi connectivity index (χ2n) is 6.88. The van der Waals surface area contributed by atoms with Crippen LogP contribution < -0.4 is 0 Å². The van der Waals surface area contributed by atoms with Crippen molar-refractivity contribution in [3.8, 4) is 23.3 Å². The molecule has 0 saturated carbocycles. The monoisotopic (exact) mass is 430 g/mol. The number of rotatable bonds is 7. The summed E-state index contributed by atoms with van der Waals surface area (Å²) in [6, 6.07) is 13.7. The van der Waals surface area contributed by atoms with E-state index in [2.05, 4.69) is 22.3 Å². The molecule has 4 rings (SSSR count). The molecule has 154 valence electrons. The molecule has 0 fully saturated rings. The summed E-state index contributed by atoms with van der Waals surface area (Å²) in [4.78, 5) is 1.60. The Hall–Kier alpha value is -3.63. The van der Waals surface area contributed by atoms with E-state index in [0.717, 1.165) is 20.9 Å². The Balaban J connectivity index is 1.74. The smallest absolute Gasteiger partial charge is 0.103 e. The molecule has 3 heterocycles. The van der Waals surface area contributed by atoms with Gasteiger partial charge in [-0.1, -0.05) is 23.9 Å². The quantitative estimate of drug-likeness (QED) is 0.462. The summed E-state index contributed by atoms with van der Waals surface area (Å²) in [6.45, 7) is 0.192. The number of fused-ring (bicyclic) bond motifs is 1. The van der Waals surface area contributed by atoms with Crippen molar-refractivity contribution in [1.29, 1.82) is 10.5 Å². The molecule has 9 heteroatoms. The Kier molecular flexibility index (Phi) is 6.01. The fourth-order valence-corrected chi connectivity index (χ4v) is 4.27. The average Bonchev–Trinajstić information content (AvgIpc) is 3.44. The molecule has 31 heavy (non-hydrogen) atoms. The van der Waals surface area contributed by atoms with Crippen molar-refractivity contribution in [2.24, 2.45) is 0 Å². The molecule has 0 amide bonds. The maximum Gasteiger partial charge on any atom is 0.103 e. The molecule has 1 aromatic carbocycles. The van der Waals surface area contributed by atoms with Gasteiger partial charge in [-0.3, -0.25) is 4.68 Å². The molecule has 3 aromatic heterocycles. The minimum Gasteiger partial charge on any atom is -0.394 e. The van der Waals surface area contributed by atoms with E-state index in [9.17, 15) is 15.6 Å². The summed E-state index contributed by atoms with van der Waals surface area (Å²) in [5.41, 5.74) is 3.40. The van der Waals surface area contributed by atoms with Gasteiger partial charge in [-0.15, -0.1) is 0 Å². The van der Waals surface area contributed by atoms with E-state index >= 15 is 0 Å². The number of nitriles is 2. The Morgan fingerprint density at radius 3 is 2.58 bits per heavy atom. The van der Waals surface area contributed by atoms with E-state index in [1.54, 1.807) is 21.5 Å². The standard InChI is InChI=1S/C22H18N6O2S/c23-8-15-3-1-2-4-20(15)31-21-7-16(13-28-22(21)17(9-24)10-26-28)18-11-25-27(12-18)6-5-19(30)14-29/h1-4,7,10-13,19,29-30H,5-6,14H2. The lowest BCUT2D eigenvalue weighted by atomic mass is 10.1. The van der Waals surface area contributed by atoms with Crippen molar-refractivity contribution in [3.63, 3.8) is 0 Å². The van der Waals surface area contributed by atoms with Crippen LogP contribution in [-0.4, -0.2) is 42.3 Å². The number of aliphatic hydroxyl groups excluding tert-OH is 2. The lowest BCUT2D eigenvalue weighted by molar-refractivity contribution is 0.0838. The van der Waals surface area contributed by atoms with Crippen LogP contribution in [0.2, 0.25) is 0 Å². The molecule has 0 aliphatic heterocycles. The van der Waals surface area contributed by atoms with Crippen LogP contribution in [0.1, 0.15) is 17.5 Å². The number of pyridine rings is 1. The third-order valence-electron chi connectivity index (χ3n) is 4.79. The first kappa shape index (κ1) is 20.6. The van der Waals surface area contributed by atoms with Crippen LogP contribution >= 0.6 is 11.8 Å². The molecular weight excluding hydrogens is 412 g/mol. The fourth-order valence-electron chi connectivity index (χ4n) is 3.18. The molecule has 0 aliphatic rings. The van der Waals surface area contributed by atoms with Gasteiger partial charge in [-0.25, -0.2) is 4.52 Å². The van der Waals surface area contributed by atoms with Gasteiger partial charge >= 0.3 is 0 Å². The van der Waals surface area contributed by atoms with Crippen molar-refractivity contribution in [2.45, 2.75) is 28.9 Å². The maximum absolute atomic E-state index is 9.55. The van der Waals surface area contributed by atoms with E-state index in [1.165, 1.54) is 18.0 Å². The third kappa shape index (κ3) is 4.30. The Morgan fingerprint density at radius 2 is 1.81 bits per heavy atom. The molecule has 8 nitrogen and oxygen atoms in total. The van der Waals surface area contributed by atoms with E-state index in [0.29, 0.717) is 29.6 Å². The van der Waals surface area contributed by atoms with E-state index in [1.807, 2.05) is 36.7 Å². The first-order valence-electron chi connectivity index (χ1n) is 9.53. The molecule has 2 N–H and O–H groups in total. The van der Waals surface area contributed by atoms with Crippen LogP contribution in [0, 0.1) is 22.7 Å². The maximum atomic E-state index is 9.55. The highest BCUT2D eigenvalue weighted by molar-refractivity contribution is 7.99. The predicted octanol–water partition coefficient (Wildman–Crippen LogP) is 2.84. The molecule has 0 bridgehead atoms. The summed E-state index contributed by atoms with van der Waals surface area (Å²) in [7, 11) is 0. The highest BCUT2D eigenvalue weighted by atomic mass is 32.2. The lowest BCUT2D eigenvalue weighted by Crippen LogP contribution is -2.15. The van der Waals surface area contributed by atoms with Crippen LogP contribution in [-0.2, 0) is 6.54 Å². The lowest BCUT2D eigenvalue weighted by Gasteiger charge is -2.09. The third-order valence-corrected chi connectivity index (χ3v) is 5.90. The number of benzene rings is 1. The fraction of sp³-hybridized carbons (Fsp3) is 0.182. The minimum absolute atomic E-state index is 0.282. The Bertz CT molecular complexity index is 1310. The van der Waals surface area contributed by atoms with Gasteiger partial charge in [0.1, 0.15) is 12.1 Å². The van der Waals surface area contributed by atoms with Crippen molar-refractivity contribution in [1.82, 2.24) is 19.4 Å². The summed E-state index contributed by atoms with van der Waals surface area (Å²) in [5, 5.41) is 46.1. The first-order valence-corrected chi connectivity index (χ1v) is 10.3. The zero-order valence-corrected chi connectivity index (χ0v) is 17.2. The summed E-state index contributed by atoms with van der Waals surface area (Å²) >= 11 is 1.41. The Morgan fingerprint density at radius 1 is 1.00 bits per heavy atom. The highest BCUT2D eigenvalue weighted by Gasteiger charge is 2.15. The molecule has 0 radical (unpaired) electrons. The van der Waals surface area contributed by atoms with Crippen LogP contribution in [0.3, 0.4) is 0 Å². The van der Waals surface area contributed by atoms with E-state index in [-0.39, 0.29) is 6.61 Å². The second kappa shape index (κ2) is 9.02. The van der Waals surface area contributed by atoms with Gasteiger partial charge in [-0.2, -0.15) is 20.7 Å². The van der Waals surface area contributed by atoms with Crippen molar-refractivity contribution in [3.05, 3.63) is 66.2 Å². The van der Waals surface area contributed by atoms with Gasteiger partial charge in [0.25, 0.3) is 0 Å². The highest BCUT2D eigenvalue weighted by Crippen LogP contribution is 2.36. The van der Waals surface area contributed by atoms with Crippen molar-refractivity contribution >= 4 is 17.3 Å². The van der Waals surface area contributed by atoms with Crippen molar-refractivity contribution in [2.75, 3.05) is 6.61 Å². The number of aromatic nitrogens is 4. The van der Waals surface area contributed by atoms with Crippen LogP contribution in [0.25, 0.3) is 16.6 Å². The molecule has 0 saturated heterocycles. The molecule has 0 spiro atoms. The number of aliphatic hydroxyl groups is 2. The van der Waals surface area contributed by atoms with E-state index < -0.39 is 6.10 Å². The van der Waals surface area contributed by atoms with Gasteiger partial charge in [0.05, 0.1) is 41.7 Å². The van der Waals surface area contributed by atoms with Gasteiger partial charge in [0.2, 0.25) is 0 Å². The largest absolute Gasteiger partial charge is 0.394 e. The second-order valence-corrected chi connectivity index (χ2v) is 7.97. The SMILES string of the molecule is N#Cc1ccccc1Sc1cc(-c2cnn(CCC(O)CO)c2)cn2ncc(C#N)c12. The topological polar surface area (TPSA) is 123 Å². The van der Waals surface area contributed by atoms with Crippen molar-refractivity contribution < 1.29 is 10.2 Å². The van der Waals surface area contributed by atoms with Crippen LogP contribution in [0.4, 0.5) is 0 Å². The molecule has 1 atom stereocenters. The van der Waals surface area contributed by atoms with Crippen LogP contribution in [0.5, 0.6) is 0 Å². The molecule has 1 unspecified atom stereocenters. The summed E-state index contributed by atoms with van der Waals surface area (Å²) in [5.74, 6) is 0. The van der Waals surface area contributed by atoms with Gasteiger partial charge in [-0.05, 0) is 24.6 Å². The number of aryl methyl sites for hydroxylation is 1. The number of hydrogen-bond acceptors (Lipinski definition) is 7. The zero-order valence-electron chi connectivity index (χ0n) is 16.4. The van der Waals surface area contributed by atoms with Gasteiger partial charge < -0.3 is 10.2 Å². The minimum atomic E-state index is -0.777. The number of hydrogen-bond donors (Lipinski definition) is 2. The zero-order chi connectivity index (χ0) is 21.8. The Labute approximate surface area is 182 Å².